The van der Waals surface area contributed by atoms with E-state index in [-0.39, 0.29) is 10.6 Å². The first-order chi connectivity index (χ1) is 8.40. The van der Waals surface area contributed by atoms with E-state index in [2.05, 4.69) is 10.6 Å². The van der Waals surface area contributed by atoms with Crippen LogP contribution in [-0.4, -0.2) is 14.5 Å². The number of hydrogen-bond donors (Lipinski definition) is 2. The van der Waals surface area contributed by atoms with E-state index in [1.54, 1.807) is 0 Å². The molecule has 0 heterocycles. The van der Waals surface area contributed by atoms with Crippen molar-refractivity contribution in [1.82, 2.24) is 4.72 Å². The highest BCUT2D eigenvalue weighted by atomic mass is 32.2. The van der Waals surface area contributed by atoms with Gasteiger partial charge in [-0.2, -0.15) is 4.72 Å². The van der Waals surface area contributed by atoms with Crippen LogP contribution < -0.4 is 10.5 Å². The summed E-state index contributed by atoms with van der Waals surface area (Å²) in [6.45, 7) is 1.89. The predicted octanol–water partition coefficient (Wildman–Crippen LogP) is 1.49. The van der Waals surface area contributed by atoms with Gasteiger partial charge in [-0.3, -0.25) is 0 Å². The van der Waals surface area contributed by atoms with E-state index in [1.165, 1.54) is 12.1 Å². The van der Waals surface area contributed by atoms with Crippen molar-refractivity contribution in [1.29, 1.82) is 0 Å². The summed E-state index contributed by atoms with van der Waals surface area (Å²) < 4.78 is 39.4. The Morgan fingerprint density at radius 3 is 2.72 bits per heavy atom. The molecule has 0 aliphatic rings. The lowest BCUT2D eigenvalue weighted by molar-refractivity contribution is 0.562. The first kappa shape index (κ1) is 14.5. The molecule has 0 saturated carbocycles. The lowest BCUT2D eigenvalue weighted by Gasteiger charge is -2.12. The first-order valence-electron chi connectivity index (χ1n) is 5.44. The molecule has 0 radical (unpaired) electrons. The summed E-state index contributed by atoms with van der Waals surface area (Å²) in [4.78, 5) is -0.189. The van der Waals surface area contributed by atoms with Gasteiger partial charge < -0.3 is 5.73 Å². The van der Waals surface area contributed by atoms with Crippen LogP contribution in [0.5, 0.6) is 0 Å². The summed E-state index contributed by atoms with van der Waals surface area (Å²) in [6, 6.07) is 2.71. The minimum Gasteiger partial charge on any atom is -0.396 e. The Labute approximate surface area is 106 Å². The second-order valence-corrected chi connectivity index (χ2v) is 5.53. The van der Waals surface area contributed by atoms with Gasteiger partial charge in [0, 0.05) is 0 Å². The van der Waals surface area contributed by atoms with Gasteiger partial charge in [-0.05, 0) is 24.6 Å². The number of anilines is 1. The molecule has 6 heteroatoms. The van der Waals surface area contributed by atoms with Crippen molar-refractivity contribution in [2.75, 3.05) is 5.73 Å². The SMILES string of the molecule is C#CC(CCC)NS(=O)(=O)c1ccc(N)c(F)c1. The van der Waals surface area contributed by atoms with Crippen molar-refractivity contribution in [2.45, 2.75) is 30.7 Å². The molecular weight excluding hydrogens is 255 g/mol. The minimum absolute atomic E-state index is 0.101. The van der Waals surface area contributed by atoms with Crippen LogP contribution in [0.4, 0.5) is 10.1 Å². The van der Waals surface area contributed by atoms with E-state index < -0.39 is 21.9 Å². The van der Waals surface area contributed by atoms with Crippen LogP contribution in [0.3, 0.4) is 0 Å². The Kier molecular flexibility index (Phi) is 4.70. The Balaban J connectivity index is 2.99. The van der Waals surface area contributed by atoms with E-state index >= 15 is 0 Å². The summed E-state index contributed by atoms with van der Waals surface area (Å²) in [5, 5.41) is 0. The molecule has 1 rings (SSSR count). The summed E-state index contributed by atoms with van der Waals surface area (Å²) >= 11 is 0. The van der Waals surface area contributed by atoms with E-state index in [0.717, 1.165) is 12.5 Å². The lowest BCUT2D eigenvalue weighted by Crippen LogP contribution is -2.33. The zero-order valence-electron chi connectivity index (χ0n) is 9.98. The largest absolute Gasteiger partial charge is 0.396 e. The normalized spacial score (nSPS) is 12.9. The number of hydrogen-bond acceptors (Lipinski definition) is 3. The Morgan fingerprint density at radius 1 is 1.56 bits per heavy atom. The molecule has 0 aliphatic carbocycles. The average molecular weight is 270 g/mol. The smallest absolute Gasteiger partial charge is 0.241 e. The second-order valence-electron chi connectivity index (χ2n) is 3.81. The number of halogens is 1. The molecule has 98 valence electrons. The topological polar surface area (TPSA) is 72.2 Å². The maximum Gasteiger partial charge on any atom is 0.241 e. The van der Waals surface area contributed by atoms with Gasteiger partial charge in [0.15, 0.2) is 0 Å². The third-order valence-electron chi connectivity index (χ3n) is 2.36. The van der Waals surface area contributed by atoms with Crippen molar-refractivity contribution in [3.8, 4) is 12.3 Å². The molecule has 3 N–H and O–H groups in total. The third-order valence-corrected chi connectivity index (χ3v) is 3.83. The van der Waals surface area contributed by atoms with Crippen LogP contribution in [-0.2, 0) is 10.0 Å². The van der Waals surface area contributed by atoms with Crippen LogP contribution in [0.15, 0.2) is 23.1 Å². The lowest BCUT2D eigenvalue weighted by atomic mass is 10.2. The monoisotopic (exact) mass is 270 g/mol. The Hall–Kier alpha value is -1.58. The molecular formula is C12H15FN2O2S. The molecule has 1 atom stereocenters. The van der Waals surface area contributed by atoms with Gasteiger partial charge in [0.2, 0.25) is 10.0 Å². The highest BCUT2D eigenvalue weighted by Gasteiger charge is 2.19. The standard InChI is InChI=1S/C12H15FN2O2S/c1-3-5-9(4-2)15-18(16,17)10-6-7-12(14)11(13)8-10/h2,6-9,15H,3,5,14H2,1H3. The number of terminal acetylenes is 1. The van der Waals surface area contributed by atoms with E-state index in [9.17, 15) is 12.8 Å². The molecule has 4 nitrogen and oxygen atoms in total. The zero-order valence-corrected chi connectivity index (χ0v) is 10.8. The Morgan fingerprint density at radius 2 is 2.22 bits per heavy atom. The van der Waals surface area contributed by atoms with Crippen molar-refractivity contribution < 1.29 is 12.8 Å². The number of nitrogens with two attached hydrogens (primary N) is 1. The van der Waals surface area contributed by atoms with Crippen molar-refractivity contribution in [3.05, 3.63) is 24.0 Å². The number of benzene rings is 1. The quantitative estimate of drug-likeness (QED) is 0.629. The van der Waals surface area contributed by atoms with Gasteiger partial charge in [0.05, 0.1) is 16.6 Å². The number of rotatable bonds is 5. The van der Waals surface area contributed by atoms with Crippen LogP contribution >= 0.6 is 0 Å². The number of nitrogens with one attached hydrogen (secondary N) is 1. The summed E-state index contributed by atoms with van der Waals surface area (Å²) in [5.41, 5.74) is 5.18. The maximum absolute atomic E-state index is 13.2. The number of sulfonamides is 1. The molecule has 0 saturated heterocycles. The molecule has 0 amide bonds. The fourth-order valence-electron chi connectivity index (χ4n) is 1.40. The highest BCUT2D eigenvalue weighted by molar-refractivity contribution is 7.89. The summed E-state index contributed by atoms with van der Waals surface area (Å²) in [7, 11) is -3.82. The maximum atomic E-state index is 13.2. The second kappa shape index (κ2) is 5.85. The van der Waals surface area contributed by atoms with Gasteiger partial charge in [-0.1, -0.05) is 19.3 Å². The van der Waals surface area contributed by atoms with Gasteiger partial charge in [0.1, 0.15) is 5.82 Å². The van der Waals surface area contributed by atoms with Gasteiger partial charge in [-0.15, -0.1) is 6.42 Å². The molecule has 0 fully saturated rings. The number of nitrogen functional groups attached to an aromatic ring is 1. The predicted molar refractivity (Wildman–Crippen MR) is 68.7 cm³/mol. The van der Waals surface area contributed by atoms with Crippen molar-refractivity contribution >= 4 is 15.7 Å². The third kappa shape index (κ3) is 3.45. The zero-order chi connectivity index (χ0) is 13.8. The summed E-state index contributed by atoms with van der Waals surface area (Å²) in [5.74, 6) is 1.57. The molecule has 0 aromatic heterocycles. The van der Waals surface area contributed by atoms with E-state index in [4.69, 9.17) is 12.2 Å². The first-order valence-corrected chi connectivity index (χ1v) is 6.92. The minimum atomic E-state index is -3.82. The summed E-state index contributed by atoms with van der Waals surface area (Å²) in [6.07, 6.45) is 6.49. The molecule has 18 heavy (non-hydrogen) atoms. The van der Waals surface area contributed by atoms with Crippen LogP contribution in [0.25, 0.3) is 0 Å². The van der Waals surface area contributed by atoms with E-state index in [1.807, 2.05) is 6.92 Å². The fourth-order valence-corrected chi connectivity index (χ4v) is 2.60. The fraction of sp³-hybridized carbons (Fsp3) is 0.333. The molecule has 0 aliphatic heterocycles. The molecule has 1 unspecified atom stereocenters. The van der Waals surface area contributed by atoms with E-state index in [0.29, 0.717) is 6.42 Å². The van der Waals surface area contributed by atoms with Crippen molar-refractivity contribution in [2.24, 2.45) is 0 Å². The molecule has 1 aromatic carbocycles. The van der Waals surface area contributed by atoms with Crippen LogP contribution in [0, 0.1) is 18.2 Å². The van der Waals surface area contributed by atoms with Crippen LogP contribution in [0.1, 0.15) is 19.8 Å². The van der Waals surface area contributed by atoms with Gasteiger partial charge >= 0.3 is 0 Å². The molecule has 0 bridgehead atoms. The molecule has 1 aromatic rings. The van der Waals surface area contributed by atoms with Gasteiger partial charge in [-0.25, -0.2) is 12.8 Å². The Bertz CT molecular complexity index is 564. The van der Waals surface area contributed by atoms with Crippen LogP contribution in [0.2, 0.25) is 0 Å². The van der Waals surface area contributed by atoms with Gasteiger partial charge in [0.25, 0.3) is 0 Å². The van der Waals surface area contributed by atoms with Crippen molar-refractivity contribution in [3.63, 3.8) is 0 Å². The highest BCUT2D eigenvalue weighted by Crippen LogP contribution is 2.16. The molecule has 0 spiro atoms. The average Bonchev–Trinajstić information content (AvgIpc) is 2.31.